The molecule has 31 heavy (non-hydrogen) atoms. The van der Waals surface area contributed by atoms with E-state index in [0.717, 1.165) is 33.8 Å². The van der Waals surface area contributed by atoms with Gasteiger partial charge in [0.2, 0.25) is 0 Å². The van der Waals surface area contributed by atoms with Crippen LogP contribution in [0.15, 0.2) is 91.1 Å². The van der Waals surface area contributed by atoms with Gasteiger partial charge >= 0.3 is 6.03 Å². The average molecular weight is 411 g/mol. The van der Waals surface area contributed by atoms with Crippen LogP contribution in [0.5, 0.6) is 0 Å². The Bertz CT molecular complexity index is 1250. The number of halogens is 1. The Balaban J connectivity index is 1.64. The Kier molecular flexibility index (Phi) is 4.79. The number of carbonyl (C=O) groups excluding carboxylic acids is 1. The number of amides is 2. The standard InChI is InChI=1S/C26H22FN3O/c1-18-7-2-4-9-22(18)28-26(31)30-17-20-8-3-5-10-23(20)29-16-6-11-24(29)25(30)19-12-14-21(27)15-13-19/h2-16,25H,17H2,1H3,(H,28,31)/t25-/m1/s1. The number of hydrogen-bond acceptors (Lipinski definition) is 1. The van der Waals surface area contributed by atoms with Crippen molar-refractivity contribution in [3.05, 3.63) is 119 Å². The van der Waals surface area contributed by atoms with Crippen molar-refractivity contribution in [2.75, 3.05) is 5.32 Å². The van der Waals surface area contributed by atoms with Crippen LogP contribution in [0.1, 0.15) is 28.4 Å². The minimum absolute atomic E-state index is 0.201. The molecule has 1 aliphatic heterocycles. The van der Waals surface area contributed by atoms with Gasteiger partial charge in [0, 0.05) is 17.6 Å². The minimum Gasteiger partial charge on any atom is -0.318 e. The average Bonchev–Trinajstić information content (AvgIpc) is 3.20. The first-order valence-electron chi connectivity index (χ1n) is 10.3. The van der Waals surface area contributed by atoms with E-state index in [0.29, 0.717) is 6.54 Å². The number of fused-ring (bicyclic) bond motifs is 3. The molecule has 2 heterocycles. The normalized spacial score (nSPS) is 15.0. The van der Waals surface area contributed by atoms with E-state index < -0.39 is 0 Å². The maximum Gasteiger partial charge on any atom is 0.322 e. The first-order chi connectivity index (χ1) is 15.1. The number of hydrogen-bond donors (Lipinski definition) is 1. The first-order valence-corrected chi connectivity index (χ1v) is 10.3. The number of urea groups is 1. The Hall–Kier alpha value is -3.86. The fourth-order valence-electron chi connectivity index (χ4n) is 4.24. The molecule has 5 rings (SSSR count). The summed E-state index contributed by atoms with van der Waals surface area (Å²) in [4.78, 5) is 15.4. The lowest BCUT2D eigenvalue weighted by atomic mass is 10.0. The van der Waals surface area contributed by atoms with Gasteiger partial charge in [0.1, 0.15) is 5.82 Å². The predicted octanol–water partition coefficient (Wildman–Crippen LogP) is 6.06. The fourth-order valence-corrected chi connectivity index (χ4v) is 4.24. The molecule has 0 spiro atoms. The smallest absolute Gasteiger partial charge is 0.318 e. The van der Waals surface area contributed by atoms with Gasteiger partial charge in [-0.15, -0.1) is 0 Å². The summed E-state index contributed by atoms with van der Waals surface area (Å²) in [6.45, 7) is 2.40. The molecule has 4 nitrogen and oxygen atoms in total. The molecule has 0 aliphatic carbocycles. The van der Waals surface area contributed by atoms with Crippen LogP contribution in [0.2, 0.25) is 0 Å². The van der Waals surface area contributed by atoms with Gasteiger partial charge in [-0.1, -0.05) is 48.5 Å². The first kappa shape index (κ1) is 19.1. The maximum atomic E-state index is 13.7. The Morgan fingerprint density at radius 1 is 0.935 bits per heavy atom. The van der Waals surface area contributed by atoms with Crippen molar-refractivity contribution in [1.82, 2.24) is 9.47 Å². The van der Waals surface area contributed by atoms with Crippen molar-refractivity contribution in [3.63, 3.8) is 0 Å². The Labute approximate surface area is 180 Å². The van der Waals surface area contributed by atoms with Crippen LogP contribution in [-0.4, -0.2) is 15.5 Å². The number of rotatable bonds is 2. The second kappa shape index (κ2) is 7.76. The molecule has 0 radical (unpaired) electrons. The van der Waals surface area contributed by atoms with Crippen molar-refractivity contribution in [2.24, 2.45) is 0 Å². The van der Waals surface area contributed by atoms with Crippen molar-refractivity contribution in [2.45, 2.75) is 19.5 Å². The summed E-state index contributed by atoms with van der Waals surface area (Å²) < 4.78 is 15.8. The topological polar surface area (TPSA) is 37.3 Å². The van der Waals surface area contributed by atoms with Gasteiger partial charge in [-0.2, -0.15) is 0 Å². The van der Waals surface area contributed by atoms with Crippen LogP contribution in [0.4, 0.5) is 14.9 Å². The van der Waals surface area contributed by atoms with Crippen LogP contribution in [0.25, 0.3) is 5.69 Å². The van der Waals surface area contributed by atoms with E-state index in [1.165, 1.54) is 12.1 Å². The molecular formula is C26H22FN3O. The van der Waals surface area contributed by atoms with E-state index >= 15 is 0 Å². The molecule has 0 fully saturated rings. The highest BCUT2D eigenvalue weighted by Crippen LogP contribution is 2.37. The van der Waals surface area contributed by atoms with Gasteiger partial charge in [0.15, 0.2) is 0 Å². The monoisotopic (exact) mass is 411 g/mol. The fraction of sp³-hybridized carbons (Fsp3) is 0.115. The Morgan fingerprint density at radius 3 is 2.48 bits per heavy atom. The highest BCUT2D eigenvalue weighted by molar-refractivity contribution is 5.91. The number of benzene rings is 3. The largest absolute Gasteiger partial charge is 0.322 e. The zero-order chi connectivity index (χ0) is 21.4. The van der Waals surface area contributed by atoms with Crippen LogP contribution >= 0.6 is 0 Å². The van der Waals surface area contributed by atoms with Gasteiger partial charge in [-0.25, -0.2) is 9.18 Å². The highest BCUT2D eigenvalue weighted by atomic mass is 19.1. The molecule has 1 aliphatic rings. The lowest BCUT2D eigenvalue weighted by Crippen LogP contribution is -2.38. The minimum atomic E-state index is -0.369. The summed E-state index contributed by atoms with van der Waals surface area (Å²) >= 11 is 0. The molecule has 1 atom stereocenters. The number of para-hydroxylation sites is 2. The van der Waals surface area contributed by atoms with Crippen molar-refractivity contribution < 1.29 is 9.18 Å². The molecule has 4 aromatic rings. The summed E-state index contributed by atoms with van der Waals surface area (Å²) in [5.41, 5.74) is 5.67. The van der Waals surface area contributed by atoms with E-state index in [-0.39, 0.29) is 17.9 Å². The molecule has 0 saturated carbocycles. The van der Waals surface area contributed by atoms with Gasteiger partial charge in [-0.3, -0.25) is 0 Å². The Morgan fingerprint density at radius 2 is 1.68 bits per heavy atom. The van der Waals surface area contributed by atoms with Crippen molar-refractivity contribution in [3.8, 4) is 5.69 Å². The number of aromatic nitrogens is 1. The SMILES string of the molecule is Cc1ccccc1NC(=O)N1Cc2ccccc2-n2cccc2[C@H]1c1ccc(F)cc1. The van der Waals surface area contributed by atoms with E-state index in [1.54, 1.807) is 12.1 Å². The van der Waals surface area contributed by atoms with Gasteiger partial charge in [0.05, 0.1) is 18.3 Å². The van der Waals surface area contributed by atoms with E-state index in [2.05, 4.69) is 16.0 Å². The zero-order valence-corrected chi connectivity index (χ0v) is 17.1. The molecule has 0 bridgehead atoms. The van der Waals surface area contributed by atoms with Crippen LogP contribution in [-0.2, 0) is 6.54 Å². The molecule has 154 valence electrons. The third-order valence-corrected chi connectivity index (χ3v) is 5.80. The molecular weight excluding hydrogens is 389 g/mol. The number of carbonyl (C=O) groups is 1. The number of aryl methyl sites for hydroxylation is 1. The van der Waals surface area contributed by atoms with E-state index in [4.69, 9.17) is 0 Å². The van der Waals surface area contributed by atoms with Gasteiger partial charge in [-0.05, 0) is 60.0 Å². The second-order valence-corrected chi connectivity index (χ2v) is 7.76. The zero-order valence-electron chi connectivity index (χ0n) is 17.1. The molecule has 3 aromatic carbocycles. The van der Waals surface area contributed by atoms with Crippen LogP contribution in [0.3, 0.4) is 0 Å². The second-order valence-electron chi connectivity index (χ2n) is 7.76. The van der Waals surface area contributed by atoms with E-state index in [9.17, 15) is 9.18 Å². The lowest BCUT2D eigenvalue weighted by Gasteiger charge is -2.31. The summed E-state index contributed by atoms with van der Waals surface area (Å²) in [5, 5.41) is 3.08. The van der Waals surface area contributed by atoms with E-state index in [1.807, 2.05) is 72.6 Å². The molecule has 1 N–H and O–H groups in total. The molecule has 0 saturated heterocycles. The maximum absolute atomic E-state index is 13.7. The van der Waals surface area contributed by atoms with Crippen molar-refractivity contribution in [1.29, 1.82) is 0 Å². The summed E-state index contributed by atoms with van der Waals surface area (Å²) in [6.07, 6.45) is 2.01. The summed E-state index contributed by atoms with van der Waals surface area (Å²) in [6, 6.07) is 25.6. The van der Waals surface area contributed by atoms with Gasteiger partial charge < -0.3 is 14.8 Å². The molecule has 1 aromatic heterocycles. The third kappa shape index (κ3) is 3.48. The third-order valence-electron chi connectivity index (χ3n) is 5.80. The van der Waals surface area contributed by atoms with Crippen molar-refractivity contribution >= 4 is 11.7 Å². The highest BCUT2D eigenvalue weighted by Gasteiger charge is 2.33. The quantitative estimate of drug-likeness (QED) is 0.428. The lowest BCUT2D eigenvalue weighted by molar-refractivity contribution is 0.194. The number of nitrogens with zero attached hydrogens (tertiary/aromatic N) is 2. The molecule has 2 amide bonds. The molecule has 0 unspecified atom stereocenters. The van der Waals surface area contributed by atoms with Gasteiger partial charge in [0.25, 0.3) is 0 Å². The van der Waals surface area contributed by atoms with Crippen LogP contribution < -0.4 is 5.32 Å². The number of nitrogens with one attached hydrogen (secondary N) is 1. The predicted molar refractivity (Wildman–Crippen MR) is 120 cm³/mol. The summed E-state index contributed by atoms with van der Waals surface area (Å²) in [5.74, 6) is -0.299. The summed E-state index contributed by atoms with van der Waals surface area (Å²) in [7, 11) is 0. The molecule has 5 heteroatoms. The number of anilines is 1. The van der Waals surface area contributed by atoms with Crippen LogP contribution in [0, 0.1) is 12.7 Å².